The number of nitrogens with one attached hydrogen (secondary N) is 2. The van der Waals surface area contributed by atoms with E-state index in [1.165, 1.54) is 0 Å². The minimum Gasteiger partial charge on any atom is -0.396 e. The van der Waals surface area contributed by atoms with E-state index >= 15 is 0 Å². The van der Waals surface area contributed by atoms with Crippen LogP contribution in [0.1, 0.15) is 46.5 Å². The maximum atomic E-state index is 12.1. The number of hydrogen-bond acceptors (Lipinski definition) is 3. The number of carbonyl (C=O) groups excluding carboxylic acids is 1. The second-order valence-electron chi connectivity index (χ2n) is 6.08. The second kappa shape index (κ2) is 8.77. The first-order chi connectivity index (χ1) is 8.48. The minimum absolute atomic E-state index is 0. The minimum atomic E-state index is -0.387. The second-order valence-corrected chi connectivity index (χ2v) is 6.08. The molecule has 0 aromatic carbocycles. The molecule has 1 aliphatic heterocycles. The number of aliphatic hydroxyl groups is 1. The first-order valence-electron chi connectivity index (χ1n) is 7.12. The summed E-state index contributed by atoms with van der Waals surface area (Å²) in [6.45, 7) is 8.12. The van der Waals surface area contributed by atoms with E-state index in [0.717, 1.165) is 32.2 Å². The van der Waals surface area contributed by atoms with Crippen LogP contribution in [-0.2, 0) is 4.79 Å². The highest BCUT2D eigenvalue weighted by atomic mass is 35.5. The smallest absolute Gasteiger partial charge is 0.240 e. The van der Waals surface area contributed by atoms with Gasteiger partial charge < -0.3 is 15.7 Å². The Morgan fingerprint density at radius 3 is 2.63 bits per heavy atom. The summed E-state index contributed by atoms with van der Waals surface area (Å²) in [7, 11) is 0. The van der Waals surface area contributed by atoms with E-state index in [2.05, 4.69) is 24.5 Å². The summed E-state index contributed by atoms with van der Waals surface area (Å²) < 4.78 is 0. The number of aliphatic hydroxyl groups excluding tert-OH is 1. The zero-order valence-corrected chi connectivity index (χ0v) is 13.2. The van der Waals surface area contributed by atoms with Gasteiger partial charge in [-0.3, -0.25) is 4.79 Å². The Balaban J connectivity index is 0.00000324. The maximum absolute atomic E-state index is 12.1. The van der Waals surface area contributed by atoms with Gasteiger partial charge >= 0.3 is 0 Å². The van der Waals surface area contributed by atoms with Gasteiger partial charge in [-0.1, -0.05) is 13.8 Å². The fourth-order valence-electron chi connectivity index (χ4n) is 2.67. The number of amides is 1. The van der Waals surface area contributed by atoms with Gasteiger partial charge in [0, 0.05) is 13.2 Å². The molecule has 1 saturated heterocycles. The summed E-state index contributed by atoms with van der Waals surface area (Å²) in [4.78, 5) is 12.1. The molecular formula is C14H29ClN2O2. The van der Waals surface area contributed by atoms with Gasteiger partial charge in [0.2, 0.25) is 5.91 Å². The lowest BCUT2D eigenvalue weighted by molar-refractivity contribution is -0.126. The molecule has 3 N–H and O–H groups in total. The van der Waals surface area contributed by atoms with Crippen LogP contribution in [0.25, 0.3) is 0 Å². The van der Waals surface area contributed by atoms with E-state index in [1.807, 2.05) is 6.92 Å². The van der Waals surface area contributed by atoms with Gasteiger partial charge in [-0.25, -0.2) is 0 Å². The molecule has 0 saturated carbocycles. The molecule has 1 rings (SSSR count). The van der Waals surface area contributed by atoms with Crippen molar-refractivity contribution in [1.29, 1.82) is 0 Å². The van der Waals surface area contributed by atoms with Crippen LogP contribution >= 0.6 is 12.4 Å². The van der Waals surface area contributed by atoms with Crippen molar-refractivity contribution in [3.05, 3.63) is 0 Å². The van der Waals surface area contributed by atoms with Crippen LogP contribution in [0.4, 0.5) is 0 Å². The average Bonchev–Trinajstić information content (AvgIpc) is 2.73. The number of hydrogen-bond donors (Lipinski definition) is 3. The standard InChI is InChI=1S/C14H28N2O2.ClH/c1-11(2)9-12(5-8-17)10-15-13(18)14(3)6-4-7-16-14;/h11-12,16-17H,4-10H2,1-3H3,(H,15,18);1H. The van der Waals surface area contributed by atoms with Gasteiger partial charge in [0.15, 0.2) is 0 Å². The Morgan fingerprint density at radius 2 is 2.16 bits per heavy atom. The van der Waals surface area contributed by atoms with Crippen LogP contribution in [-0.4, -0.2) is 36.2 Å². The van der Waals surface area contributed by atoms with E-state index in [1.54, 1.807) is 0 Å². The average molecular weight is 293 g/mol. The third kappa shape index (κ3) is 6.11. The Kier molecular flexibility index (Phi) is 8.62. The zero-order valence-electron chi connectivity index (χ0n) is 12.4. The molecule has 2 unspecified atom stereocenters. The molecule has 2 atom stereocenters. The molecule has 1 amide bonds. The summed E-state index contributed by atoms with van der Waals surface area (Å²) in [5.74, 6) is 1.08. The van der Waals surface area contributed by atoms with Crippen LogP contribution in [0.5, 0.6) is 0 Å². The van der Waals surface area contributed by atoms with Crippen molar-refractivity contribution in [3.63, 3.8) is 0 Å². The molecule has 0 bridgehead atoms. The van der Waals surface area contributed by atoms with Crippen molar-refractivity contribution in [1.82, 2.24) is 10.6 Å². The molecule has 0 aromatic heterocycles. The topological polar surface area (TPSA) is 61.4 Å². The molecule has 0 radical (unpaired) electrons. The van der Waals surface area contributed by atoms with Gasteiger partial charge in [0.05, 0.1) is 5.54 Å². The van der Waals surface area contributed by atoms with Crippen LogP contribution in [0, 0.1) is 11.8 Å². The Bertz CT molecular complexity index is 266. The van der Waals surface area contributed by atoms with Crippen LogP contribution in [0.15, 0.2) is 0 Å². The largest absolute Gasteiger partial charge is 0.396 e. The van der Waals surface area contributed by atoms with E-state index in [9.17, 15) is 4.79 Å². The van der Waals surface area contributed by atoms with Crippen molar-refractivity contribution < 1.29 is 9.90 Å². The quantitative estimate of drug-likeness (QED) is 0.669. The van der Waals surface area contributed by atoms with Crippen molar-refractivity contribution in [3.8, 4) is 0 Å². The molecular weight excluding hydrogens is 264 g/mol. The highest BCUT2D eigenvalue weighted by molar-refractivity contribution is 5.86. The first kappa shape index (κ1) is 18.7. The highest BCUT2D eigenvalue weighted by Crippen LogP contribution is 2.19. The fraction of sp³-hybridized carbons (Fsp3) is 0.929. The van der Waals surface area contributed by atoms with Gasteiger partial charge in [0.1, 0.15) is 0 Å². The monoisotopic (exact) mass is 292 g/mol. The van der Waals surface area contributed by atoms with E-state index in [-0.39, 0.29) is 30.5 Å². The molecule has 5 heteroatoms. The molecule has 114 valence electrons. The Hall–Kier alpha value is -0.320. The molecule has 4 nitrogen and oxygen atoms in total. The third-order valence-corrected chi connectivity index (χ3v) is 3.76. The van der Waals surface area contributed by atoms with E-state index < -0.39 is 0 Å². The summed E-state index contributed by atoms with van der Waals surface area (Å²) in [5, 5.41) is 15.4. The summed E-state index contributed by atoms with van der Waals surface area (Å²) in [5.41, 5.74) is -0.387. The van der Waals surface area contributed by atoms with E-state index in [0.29, 0.717) is 18.4 Å². The first-order valence-corrected chi connectivity index (χ1v) is 7.12. The predicted octanol–water partition coefficient (Wildman–Crippen LogP) is 1.71. The molecule has 1 fully saturated rings. The van der Waals surface area contributed by atoms with E-state index in [4.69, 9.17) is 5.11 Å². The number of rotatable bonds is 7. The van der Waals surface area contributed by atoms with Gasteiger partial charge in [-0.05, 0) is 51.0 Å². The number of halogens is 1. The van der Waals surface area contributed by atoms with Crippen molar-refractivity contribution >= 4 is 18.3 Å². The van der Waals surface area contributed by atoms with Crippen molar-refractivity contribution in [2.45, 2.75) is 52.0 Å². The molecule has 1 heterocycles. The molecule has 0 spiro atoms. The lowest BCUT2D eigenvalue weighted by Gasteiger charge is -2.25. The van der Waals surface area contributed by atoms with Gasteiger partial charge in [0.25, 0.3) is 0 Å². The number of carbonyl (C=O) groups is 1. The third-order valence-electron chi connectivity index (χ3n) is 3.76. The molecule has 1 aliphatic rings. The predicted molar refractivity (Wildman–Crippen MR) is 80.5 cm³/mol. The maximum Gasteiger partial charge on any atom is 0.240 e. The lowest BCUT2D eigenvalue weighted by atomic mass is 9.93. The highest BCUT2D eigenvalue weighted by Gasteiger charge is 2.35. The van der Waals surface area contributed by atoms with Gasteiger partial charge in [-0.2, -0.15) is 0 Å². The molecule has 0 aromatic rings. The molecule has 0 aliphatic carbocycles. The van der Waals surface area contributed by atoms with Crippen LogP contribution < -0.4 is 10.6 Å². The van der Waals surface area contributed by atoms with Gasteiger partial charge in [-0.15, -0.1) is 12.4 Å². The zero-order chi connectivity index (χ0) is 13.6. The normalized spacial score (nSPS) is 24.1. The Morgan fingerprint density at radius 1 is 1.47 bits per heavy atom. The van der Waals surface area contributed by atoms with Crippen molar-refractivity contribution in [2.75, 3.05) is 19.7 Å². The van der Waals surface area contributed by atoms with Crippen LogP contribution in [0.2, 0.25) is 0 Å². The SMILES string of the molecule is CC(C)CC(CCO)CNC(=O)C1(C)CCCN1.Cl. The van der Waals surface area contributed by atoms with Crippen molar-refractivity contribution in [2.24, 2.45) is 11.8 Å². The summed E-state index contributed by atoms with van der Waals surface area (Å²) >= 11 is 0. The lowest BCUT2D eigenvalue weighted by Crippen LogP contribution is -2.52. The fourth-order valence-corrected chi connectivity index (χ4v) is 2.67. The molecule has 19 heavy (non-hydrogen) atoms. The summed E-state index contributed by atoms with van der Waals surface area (Å²) in [6, 6.07) is 0. The van der Waals surface area contributed by atoms with Crippen LogP contribution in [0.3, 0.4) is 0 Å². The Labute approximate surface area is 123 Å². The summed E-state index contributed by atoms with van der Waals surface area (Å²) in [6.07, 6.45) is 3.79.